The number of hydrogen-bond acceptors (Lipinski definition) is 6. The van der Waals surface area contributed by atoms with E-state index in [4.69, 9.17) is 14.2 Å². The van der Waals surface area contributed by atoms with Gasteiger partial charge in [-0.1, -0.05) is 282 Å². The monoisotopic (exact) mass is 1130 g/mol. The summed E-state index contributed by atoms with van der Waals surface area (Å²) >= 11 is 0. The van der Waals surface area contributed by atoms with Crippen molar-refractivity contribution in [2.75, 3.05) is 13.2 Å². The van der Waals surface area contributed by atoms with Gasteiger partial charge in [0.05, 0.1) is 0 Å². The van der Waals surface area contributed by atoms with Crippen molar-refractivity contribution < 1.29 is 28.6 Å². The second kappa shape index (κ2) is 68.8. The Balaban J connectivity index is 4.29. The Morgan fingerprint density at radius 1 is 0.256 bits per heavy atom. The van der Waals surface area contributed by atoms with Crippen molar-refractivity contribution in [3.05, 3.63) is 146 Å². The molecule has 6 heteroatoms. The summed E-state index contributed by atoms with van der Waals surface area (Å²) in [6.07, 6.45) is 98.7. The molecular weight excluding hydrogens is 1010 g/mol. The first-order valence-electron chi connectivity index (χ1n) is 33.8. The van der Waals surface area contributed by atoms with Crippen LogP contribution in [0.25, 0.3) is 0 Å². The van der Waals surface area contributed by atoms with Crippen molar-refractivity contribution in [2.24, 2.45) is 0 Å². The molecule has 0 radical (unpaired) electrons. The van der Waals surface area contributed by atoms with Crippen LogP contribution in [0.4, 0.5) is 0 Å². The lowest BCUT2D eigenvalue weighted by Gasteiger charge is -2.18. The van der Waals surface area contributed by atoms with E-state index in [1.165, 1.54) is 103 Å². The summed E-state index contributed by atoms with van der Waals surface area (Å²) in [5.41, 5.74) is 0. The number of carbonyl (C=O) groups is 3. The van der Waals surface area contributed by atoms with E-state index in [-0.39, 0.29) is 31.1 Å². The lowest BCUT2D eigenvalue weighted by Crippen LogP contribution is -2.30. The van der Waals surface area contributed by atoms with Crippen LogP contribution in [0.15, 0.2) is 146 Å². The number of rotatable bonds is 60. The fraction of sp³-hybridized carbons (Fsp3) is 0.645. The zero-order chi connectivity index (χ0) is 59.2. The van der Waals surface area contributed by atoms with Crippen LogP contribution in [-0.2, 0) is 28.6 Å². The van der Waals surface area contributed by atoms with Gasteiger partial charge in [0.15, 0.2) is 6.10 Å². The molecule has 0 aliphatic heterocycles. The molecule has 0 fully saturated rings. The summed E-state index contributed by atoms with van der Waals surface area (Å²) in [5.74, 6) is -0.931. The Morgan fingerprint density at radius 2 is 0.500 bits per heavy atom. The number of unbranched alkanes of at least 4 members (excludes halogenated alkanes) is 25. The molecule has 0 aromatic rings. The molecule has 0 N–H and O–H groups in total. The van der Waals surface area contributed by atoms with E-state index in [1.807, 2.05) is 0 Å². The fourth-order valence-electron chi connectivity index (χ4n) is 9.00. The van der Waals surface area contributed by atoms with Crippen molar-refractivity contribution in [2.45, 2.75) is 303 Å². The zero-order valence-electron chi connectivity index (χ0n) is 53.2. The van der Waals surface area contributed by atoms with Gasteiger partial charge < -0.3 is 14.2 Å². The van der Waals surface area contributed by atoms with Gasteiger partial charge in [-0.3, -0.25) is 14.4 Å². The molecule has 0 spiro atoms. The predicted octanol–water partition coefficient (Wildman–Crippen LogP) is 23.5. The molecule has 0 heterocycles. The molecule has 0 rings (SSSR count). The van der Waals surface area contributed by atoms with Gasteiger partial charge in [-0.25, -0.2) is 0 Å². The lowest BCUT2D eigenvalue weighted by atomic mass is 10.1. The summed E-state index contributed by atoms with van der Waals surface area (Å²) in [4.78, 5) is 38.2. The van der Waals surface area contributed by atoms with Crippen LogP contribution in [-0.4, -0.2) is 37.2 Å². The van der Waals surface area contributed by atoms with E-state index in [1.54, 1.807) is 0 Å². The van der Waals surface area contributed by atoms with Crippen LogP contribution in [0.5, 0.6) is 0 Å². The van der Waals surface area contributed by atoms with Crippen molar-refractivity contribution >= 4 is 17.9 Å². The summed E-state index contributed by atoms with van der Waals surface area (Å²) < 4.78 is 16.9. The topological polar surface area (TPSA) is 78.9 Å². The number of carbonyl (C=O) groups excluding carboxylic acids is 3. The van der Waals surface area contributed by atoms with Crippen molar-refractivity contribution in [1.29, 1.82) is 0 Å². The fourth-order valence-corrected chi connectivity index (χ4v) is 9.00. The third-order valence-electron chi connectivity index (χ3n) is 14.0. The van der Waals surface area contributed by atoms with E-state index in [9.17, 15) is 14.4 Å². The highest BCUT2D eigenvalue weighted by Gasteiger charge is 2.19. The molecule has 0 saturated carbocycles. The third kappa shape index (κ3) is 66.1. The Kier molecular flexibility index (Phi) is 64.8. The van der Waals surface area contributed by atoms with Crippen molar-refractivity contribution in [3.8, 4) is 0 Å². The second-order valence-electron chi connectivity index (χ2n) is 22.0. The molecular formula is C76H124O6. The molecule has 0 aromatic carbocycles. The standard InChI is InChI=1S/C76H124O6/c1-4-7-10-13-16-19-22-24-26-28-30-31-32-33-34-35-36-37-38-39-40-41-42-43-44-45-47-48-50-52-54-57-60-63-66-69-75(78)81-72-73(71-80-74(77)68-65-62-59-56-21-18-15-12-9-6-3)82-76(79)70-67-64-61-58-55-53-51-49-46-29-27-25-23-20-17-14-11-8-5-2/h7,10,12,15-16,19,24-27,30-31,33-34,36-37,39-40,42-43,45,47,50,52,73H,4-6,8-9,11,13-14,17-18,20-23,28-29,32,35,38,41,44,46,48-49,51,53-72H2,1-3H3/b10-7-,15-12-,19-16-,26-24-,27-25-,31-30-,34-33-,37-36-,40-39-,43-42-,47-45-,52-50-. The molecule has 6 nitrogen and oxygen atoms in total. The minimum absolute atomic E-state index is 0.0943. The van der Waals surface area contributed by atoms with Crippen LogP contribution in [0.2, 0.25) is 0 Å². The summed E-state index contributed by atoms with van der Waals surface area (Å²) in [7, 11) is 0. The van der Waals surface area contributed by atoms with E-state index in [2.05, 4.69) is 167 Å². The highest BCUT2D eigenvalue weighted by molar-refractivity contribution is 5.71. The third-order valence-corrected chi connectivity index (χ3v) is 14.0. The Morgan fingerprint density at radius 3 is 0.805 bits per heavy atom. The van der Waals surface area contributed by atoms with E-state index >= 15 is 0 Å². The second-order valence-corrected chi connectivity index (χ2v) is 22.0. The first-order valence-corrected chi connectivity index (χ1v) is 33.8. The van der Waals surface area contributed by atoms with Crippen molar-refractivity contribution in [1.82, 2.24) is 0 Å². The number of hydrogen-bond donors (Lipinski definition) is 0. The van der Waals surface area contributed by atoms with Gasteiger partial charge in [0.2, 0.25) is 0 Å². The highest BCUT2D eigenvalue weighted by Crippen LogP contribution is 2.15. The number of allylic oxidation sites excluding steroid dienone is 24. The molecule has 0 aliphatic carbocycles. The largest absolute Gasteiger partial charge is 0.462 e. The molecule has 0 amide bonds. The molecule has 0 bridgehead atoms. The first-order chi connectivity index (χ1) is 40.5. The summed E-state index contributed by atoms with van der Waals surface area (Å²) in [5, 5.41) is 0. The summed E-state index contributed by atoms with van der Waals surface area (Å²) in [6, 6.07) is 0. The average Bonchev–Trinajstić information content (AvgIpc) is 3.48. The Labute approximate surface area is 506 Å². The van der Waals surface area contributed by atoms with Crippen LogP contribution in [0.1, 0.15) is 297 Å². The van der Waals surface area contributed by atoms with E-state index < -0.39 is 6.10 Å². The molecule has 1 unspecified atom stereocenters. The average molecular weight is 1130 g/mol. The van der Waals surface area contributed by atoms with Gasteiger partial charge in [-0.05, 0) is 141 Å². The van der Waals surface area contributed by atoms with Crippen molar-refractivity contribution in [3.63, 3.8) is 0 Å². The summed E-state index contributed by atoms with van der Waals surface area (Å²) in [6.45, 7) is 6.44. The maximum absolute atomic E-state index is 12.9. The van der Waals surface area contributed by atoms with E-state index in [0.29, 0.717) is 19.3 Å². The molecule has 0 aromatic heterocycles. The predicted molar refractivity (Wildman–Crippen MR) is 357 cm³/mol. The smallest absolute Gasteiger partial charge is 0.306 e. The van der Waals surface area contributed by atoms with Crippen LogP contribution in [0, 0.1) is 0 Å². The first kappa shape index (κ1) is 77.3. The van der Waals surface area contributed by atoms with Gasteiger partial charge >= 0.3 is 17.9 Å². The maximum atomic E-state index is 12.9. The molecule has 0 aliphatic rings. The SMILES string of the molecule is CC/C=C\C/C=C\C/C=C\C/C=C\C/C=C\C/C=C\C/C=C\C/C=C\C/C=C\C/C=C\CCCCCCC(=O)OCC(COC(=O)CCCCCCC/C=C\CCC)OC(=O)CCCCCCCCCCC/C=C\CCCCCCCC. The zero-order valence-corrected chi connectivity index (χ0v) is 53.2. The number of esters is 3. The van der Waals surface area contributed by atoms with Gasteiger partial charge in [0.25, 0.3) is 0 Å². The molecule has 1 atom stereocenters. The van der Waals surface area contributed by atoms with Crippen LogP contribution >= 0.6 is 0 Å². The van der Waals surface area contributed by atoms with Crippen LogP contribution in [0.3, 0.4) is 0 Å². The number of ether oxygens (including phenoxy) is 3. The quantitative estimate of drug-likeness (QED) is 0.0261. The molecule has 464 valence electrons. The maximum Gasteiger partial charge on any atom is 0.306 e. The lowest BCUT2D eigenvalue weighted by molar-refractivity contribution is -0.167. The van der Waals surface area contributed by atoms with Gasteiger partial charge in [0.1, 0.15) is 13.2 Å². The normalized spacial score (nSPS) is 13.1. The Hall–Kier alpha value is -4.71. The highest BCUT2D eigenvalue weighted by atomic mass is 16.6. The van der Waals surface area contributed by atoms with Crippen LogP contribution < -0.4 is 0 Å². The van der Waals surface area contributed by atoms with Gasteiger partial charge in [0, 0.05) is 19.3 Å². The van der Waals surface area contributed by atoms with Gasteiger partial charge in [-0.15, -0.1) is 0 Å². The minimum Gasteiger partial charge on any atom is -0.462 e. The van der Waals surface area contributed by atoms with Gasteiger partial charge in [-0.2, -0.15) is 0 Å². The Bertz CT molecular complexity index is 1780. The van der Waals surface area contributed by atoms with E-state index in [0.717, 1.165) is 154 Å². The molecule has 82 heavy (non-hydrogen) atoms. The minimum atomic E-state index is -0.798. The molecule has 0 saturated heterocycles.